The van der Waals surface area contributed by atoms with Crippen molar-refractivity contribution in [3.05, 3.63) is 6.33 Å². The second-order valence-corrected chi connectivity index (χ2v) is 5.27. The van der Waals surface area contributed by atoms with Gasteiger partial charge in [0.2, 0.25) is 5.95 Å². The third-order valence-electron chi connectivity index (χ3n) is 2.87. The molecular formula is C10H18N4O. The van der Waals surface area contributed by atoms with Gasteiger partial charge in [0.25, 0.3) is 0 Å². The number of hydrogen-bond donors (Lipinski definition) is 1. The van der Waals surface area contributed by atoms with Crippen molar-refractivity contribution >= 4 is 5.95 Å². The average Bonchev–Trinajstić information content (AvgIpc) is 2.52. The first kappa shape index (κ1) is 10.4. The van der Waals surface area contributed by atoms with Crippen LogP contribution in [0.15, 0.2) is 6.33 Å². The Kier molecular flexibility index (Phi) is 2.05. The van der Waals surface area contributed by atoms with Gasteiger partial charge in [0.15, 0.2) is 0 Å². The summed E-state index contributed by atoms with van der Waals surface area (Å²) in [6.45, 7) is 8.33. The zero-order valence-corrected chi connectivity index (χ0v) is 9.69. The summed E-state index contributed by atoms with van der Waals surface area (Å²) in [5, 5.41) is 4.16. The van der Waals surface area contributed by atoms with Crippen molar-refractivity contribution in [1.29, 1.82) is 0 Å². The summed E-state index contributed by atoms with van der Waals surface area (Å²) in [7, 11) is 0. The second-order valence-electron chi connectivity index (χ2n) is 5.27. The number of rotatable bonds is 1. The highest BCUT2D eigenvalue weighted by Crippen LogP contribution is 2.44. The normalized spacial score (nSPS) is 28.1. The topological polar surface area (TPSA) is 66.0 Å². The van der Waals surface area contributed by atoms with Crippen LogP contribution < -0.4 is 5.73 Å². The van der Waals surface area contributed by atoms with E-state index in [9.17, 15) is 0 Å². The van der Waals surface area contributed by atoms with Gasteiger partial charge in [-0.05, 0) is 27.7 Å². The minimum Gasteiger partial charge on any atom is -0.367 e. The molecule has 1 aliphatic rings. The van der Waals surface area contributed by atoms with Gasteiger partial charge in [-0.2, -0.15) is 0 Å². The lowest BCUT2D eigenvalue weighted by atomic mass is 9.95. The number of nitrogen functional groups attached to an aromatic ring is 1. The minimum absolute atomic E-state index is 0.116. The van der Waals surface area contributed by atoms with Crippen LogP contribution in [0.5, 0.6) is 0 Å². The lowest BCUT2D eigenvalue weighted by molar-refractivity contribution is -0.0737. The SMILES string of the molecule is CC1(C)CC(n2cnc(N)n2)C(C)(C)O1. The molecule has 0 radical (unpaired) electrons. The van der Waals surface area contributed by atoms with Crippen molar-refractivity contribution in [3.63, 3.8) is 0 Å². The number of nitrogens with two attached hydrogens (primary N) is 1. The fourth-order valence-corrected chi connectivity index (χ4v) is 2.38. The Hall–Kier alpha value is -1.10. The Labute approximate surface area is 89.6 Å². The number of hydrogen-bond acceptors (Lipinski definition) is 4. The molecular weight excluding hydrogens is 192 g/mol. The highest BCUT2D eigenvalue weighted by atomic mass is 16.5. The molecule has 1 aromatic rings. The summed E-state index contributed by atoms with van der Waals surface area (Å²) in [6, 6.07) is 0.192. The van der Waals surface area contributed by atoms with Crippen molar-refractivity contribution in [2.75, 3.05) is 5.73 Å². The maximum absolute atomic E-state index is 5.98. The van der Waals surface area contributed by atoms with Gasteiger partial charge < -0.3 is 10.5 Å². The van der Waals surface area contributed by atoms with Crippen LogP contribution in [0.2, 0.25) is 0 Å². The highest BCUT2D eigenvalue weighted by Gasteiger charge is 2.47. The Morgan fingerprint density at radius 1 is 1.47 bits per heavy atom. The highest BCUT2D eigenvalue weighted by molar-refractivity contribution is 5.11. The first-order chi connectivity index (χ1) is 6.80. The predicted octanol–water partition coefficient (Wildman–Crippen LogP) is 1.38. The quantitative estimate of drug-likeness (QED) is 0.760. The van der Waals surface area contributed by atoms with Crippen LogP contribution in [0, 0.1) is 0 Å². The summed E-state index contributed by atoms with van der Waals surface area (Å²) in [6.07, 6.45) is 2.59. The Morgan fingerprint density at radius 2 is 2.13 bits per heavy atom. The van der Waals surface area contributed by atoms with Gasteiger partial charge in [0, 0.05) is 6.42 Å². The molecule has 0 amide bonds. The lowest BCUT2D eigenvalue weighted by Crippen LogP contribution is -2.31. The zero-order valence-electron chi connectivity index (χ0n) is 9.69. The van der Waals surface area contributed by atoms with Gasteiger partial charge >= 0.3 is 0 Å². The van der Waals surface area contributed by atoms with Crippen molar-refractivity contribution in [1.82, 2.24) is 14.8 Å². The maximum atomic E-state index is 5.98. The van der Waals surface area contributed by atoms with Crippen molar-refractivity contribution in [2.24, 2.45) is 0 Å². The number of aromatic nitrogens is 3. The monoisotopic (exact) mass is 210 g/mol. The molecule has 1 unspecified atom stereocenters. The number of nitrogens with zero attached hydrogens (tertiary/aromatic N) is 3. The number of ether oxygens (including phenoxy) is 1. The fraction of sp³-hybridized carbons (Fsp3) is 0.800. The van der Waals surface area contributed by atoms with E-state index >= 15 is 0 Å². The third kappa shape index (κ3) is 1.84. The van der Waals surface area contributed by atoms with E-state index in [1.807, 2.05) is 4.68 Å². The molecule has 1 fully saturated rings. The van der Waals surface area contributed by atoms with E-state index in [4.69, 9.17) is 10.5 Å². The molecule has 5 nitrogen and oxygen atoms in total. The zero-order chi connectivity index (χ0) is 11.3. The van der Waals surface area contributed by atoms with Gasteiger partial charge in [-0.3, -0.25) is 0 Å². The molecule has 1 atom stereocenters. The molecule has 0 aromatic carbocycles. The van der Waals surface area contributed by atoms with Gasteiger partial charge in [0.1, 0.15) is 6.33 Å². The maximum Gasteiger partial charge on any atom is 0.239 e. The van der Waals surface area contributed by atoms with Gasteiger partial charge in [0.05, 0.1) is 17.2 Å². The summed E-state index contributed by atoms with van der Waals surface area (Å²) < 4.78 is 7.79. The summed E-state index contributed by atoms with van der Waals surface area (Å²) >= 11 is 0. The van der Waals surface area contributed by atoms with Crippen LogP contribution in [-0.2, 0) is 4.74 Å². The Balaban J connectivity index is 2.30. The molecule has 84 valence electrons. The van der Waals surface area contributed by atoms with E-state index in [1.54, 1.807) is 6.33 Å². The fourth-order valence-electron chi connectivity index (χ4n) is 2.38. The van der Waals surface area contributed by atoms with Crippen LogP contribution in [0.3, 0.4) is 0 Å². The summed E-state index contributed by atoms with van der Waals surface area (Å²) in [5.74, 6) is 0.315. The molecule has 0 aliphatic carbocycles. The third-order valence-corrected chi connectivity index (χ3v) is 2.87. The van der Waals surface area contributed by atoms with E-state index in [-0.39, 0.29) is 17.2 Å². The van der Waals surface area contributed by atoms with Gasteiger partial charge in [-0.25, -0.2) is 9.67 Å². The van der Waals surface area contributed by atoms with Crippen molar-refractivity contribution < 1.29 is 4.74 Å². The van der Waals surface area contributed by atoms with E-state index in [1.165, 1.54) is 0 Å². The smallest absolute Gasteiger partial charge is 0.239 e. The second kappa shape index (κ2) is 2.95. The molecule has 2 N–H and O–H groups in total. The van der Waals surface area contributed by atoms with Gasteiger partial charge in [-0.15, -0.1) is 5.10 Å². The molecule has 1 aromatic heterocycles. The van der Waals surface area contributed by atoms with E-state index in [0.29, 0.717) is 5.95 Å². The molecule has 1 saturated heterocycles. The molecule has 0 saturated carbocycles. The largest absolute Gasteiger partial charge is 0.367 e. The van der Waals surface area contributed by atoms with E-state index in [2.05, 4.69) is 37.8 Å². The molecule has 0 spiro atoms. The Bertz CT molecular complexity index is 369. The number of anilines is 1. The Morgan fingerprint density at radius 3 is 2.53 bits per heavy atom. The van der Waals surface area contributed by atoms with Crippen LogP contribution in [0.4, 0.5) is 5.95 Å². The molecule has 15 heavy (non-hydrogen) atoms. The summed E-state index contributed by atoms with van der Waals surface area (Å²) in [4.78, 5) is 3.95. The van der Waals surface area contributed by atoms with Crippen molar-refractivity contribution in [3.8, 4) is 0 Å². The molecule has 2 rings (SSSR count). The standard InChI is InChI=1S/C10H18N4O/c1-9(2)5-7(10(3,4)15-9)14-6-12-8(11)13-14/h6-7H,5H2,1-4H3,(H2,11,13). The molecule has 5 heteroatoms. The van der Waals surface area contributed by atoms with Crippen LogP contribution >= 0.6 is 0 Å². The lowest BCUT2D eigenvalue weighted by Gasteiger charge is -2.26. The van der Waals surface area contributed by atoms with Gasteiger partial charge in [-0.1, -0.05) is 0 Å². The minimum atomic E-state index is -0.232. The van der Waals surface area contributed by atoms with Crippen LogP contribution in [0.1, 0.15) is 40.2 Å². The predicted molar refractivity (Wildman–Crippen MR) is 57.3 cm³/mol. The summed E-state index contributed by atoms with van der Waals surface area (Å²) in [5.41, 5.74) is 5.17. The van der Waals surface area contributed by atoms with E-state index in [0.717, 1.165) is 6.42 Å². The molecule has 1 aliphatic heterocycles. The van der Waals surface area contributed by atoms with E-state index < -0.39 is 0 Å². The molecule has 2 heterocycles. The molecule has 0 bridgehead atoms. The van der Waals surface area contributed by atoms with Crippen LogP contribution in [0.25, 0.3) is 0 Å². The average molecular weight is 210 g/mol. The first-order valence-corrected chi connectivity index (χ1v) is 5.17. The first-order valence-electron chi connectivity index (χ1n) is 5.17. The van der Waals surface area contributed by atoms with Crippen molar-refractivity contribution in [2.45, 2.75) is 51.4 Å². The van der Waals surface area contributed by atoms with Crippen LogP contribution in [-0.4, -0.2) is 26.0 Å².